The summed E-state index contributed by atoms with van der Waals surface area (Å²) in [4.78, 5) is 21.0. The van der Waals surface area contributed by atoms with Gasteiger partial charge >= 0.3 is 0 Å². The van der Waals surface area contributed by atoms with E-state index in [1.165, 1.54) is 18.2 Å². The van der Waals surface area contributed by atoms with Crippen LogP contribution in [0.2, 0.25) is 0 Å². The minimum atomic E-state index is -3.92. The molecule has 3 aromatic carbocycles. The van der Waals surface area contributed by atoms with Gasteiger partial charge in [0.25, 0.3) is 15.9 Å². The molecule has 0 saturated carbocycles. The number of nitrogens with zero attached hydrogens (tertiary/aromatic N) is 3. The lowest BCUT2D eigenvalue weighted by molar-refractivity contribution is 0.0628. The SMILES string of the molecule is C=Nc1c(/C=C\C)cccc1S(=O)(=O)Nc1ccc(C(=O)N2CCN(Cc3ccc(F)cc3)CC2)cc1. The van der Waals surface area contributed by atoms with E-state index in [2.05, 4.69) is 21.3 Å². The minimum absolute atomic E-state index is 0.0248. The number of hydrogen-bond donors (Lipinski definition) is 1. The Kier molecular flexibility index (Phi) is 8.15. The molecule has 1 fully saturated rings. The number of carbonyl (C=O) groups is 1. The van der Waals surface area contributed by atoms with Crippen LogP contribution in [0.5, 0.6) is 0 Å². The van der Waals surface area contributed by atoms with Crippen LogP contribution < -0.4 is 4.72 Å². The average Bonchev–Trinajstić information content (AvgIpc) is 2.90. The normalized spacial score (nSPS) is 14.6. The van der Waals surface area contributed by atoms with Crippen LogP contribution in [0.15, 0.2) is 82.7 Å². The molecule has 0 unspecified atom stereocenters. The van der Waals surface area contributed by atoms with Crippen LogP contribution in [-0.2, 0) is 16.6 Å². The summed E-state index contributed by atoms with van der Waals surface area (Å²) >= 11 is 0. The number of piperazine rings is 1. The zero-order valence-electron chi connectivity index (χ0n) is 20.6. The van der Waals surface area contributed by atoms with Gasteiger partial charge < -0.3 is 4.90 Å². The summed E-state index contributed by atoms with van der Waals surface area (Å²) in [6.07, 6.45) is 3.57. The molecule has 1 N–H and O–H groups in total. The number of sulfonamides is 1. The van der Waals surface area contributed by atoms with Crippen LogP contribution >= 0.6 is 0 Å². The summed E-state index contributed by atoms with van der Waals surface area (Å²) in [5.74, 6) is -0.358. The number of anilines is 1. The Labute approximate surface area is 217 Å². The van der Waals surface area contributed by atoms with E-state index in [0.29, 0.717) is 49.5 Å². The molecule has 0 aliphatic carbocycles. The molecular weight excluding hydrogens is 491 g/mol. The van der Waals surface area contributed by atoms with Gasteiger partial charge in [-0.15, -0.1) is 0 Å². The van der Waals surface area contributed by atoms with E-state index in [1.54, 1.807) is 65.6 Å². The van der Waals surface area contributed by atoms with Crippen molar-refractivity contribution in [3.05, 3.63) is 95.3 Å². The van der Waals surface area contributed by atoms with Gasteiger partial charge in [-0.05, 0) is 61.7 Å². The number of allylic oxidation sites excluding steroid dienone is 1. The van der Waals surface area contributed by atoms with Crippen LogP contribution in [0.3, 0.4) is 0 Å². The molecule has 0 atom stereocenters. The third-order valence-corrected chi connectivity index (χ3v) is 7.60. The van der Waals surface area contributed by atoms with Crippen LogP contribution in [0.25, 0.3) is 6.08 Å². The first-order valence-electron chi connectivity index (χ1n) is 11.9. The standard InChI is InChI=1S/C28H29FN4O3S/c1-3-5-22-6-4-7-26(27(22)30-2)37(35,36)31-25-14-10-23(11-15-25)28(34)33-18-16-32(17-19-33)20-21-8-12-24(29)13-9-21/h3-15,31H,2,16-20H2,1H3/b5-3-. The Morgan fingerprint density at radius 2 is 1.70 bits per heavy atom. The fourth-order valence-corrected chi connectivity index (χ4v) is 5.52. The number of benzene rings is 3. The minimum Gasteiger partial charge on any atom is -0.336 e. The van der Waals surface area contributed by atoms with Gasteiger partial charge in [-0.2, -0.15) is 0 Å². The first-order valence-corrected chi connectivity index (χ1v) is 13.4. The van der Waals surface area contributed by atoms with Crippen molar-refractivity contribution in [2.24, 2.45) is 4.99 Å². The maximum atomic E-state index is 13.1. The second-order valence-electron chi connectivity index (χ2n) is 8.73. The third kappa shape index (κ3) is 6.31. The summed E-state index contributed by atoms with van der Waals surface area (Å²) in [6.45, 7) is 8.65. The van der Waals surface area contributed by atoms with Crippen molar-refractivity contribution in [1.82, 2.24) is 9.80 Å². The van der Waals surface area contributed by atoms with E-state index >= 15 is 0 Å². The number of carbonyl (C=O) groups excluding carboxylic acids is 1. The Morgan fingerprint density at radius 3 is 2.32 bits per heavy atom. The molecule has 0 radical (unpaired) electrons. The molecule has 4 rings (SSSR count). The molecule has 0 aromatic heterocycles. The fourth-order valence-electron chi connectivity index (χ4n) is 4.27. The lowest BCUT2D eigenvalue weighted by Crippen LogP contribution is -2.48. The zero-order valence-corrected chi connectivity index (χ0v) is 21.4. The van der Waals surface area contributed by atoms with E-state index in [9.17, 15) is 17.6 Å². The predicted octanol–water partition coefficient (Wildman–Crippen LogP) is 4.95. The van der Waals surface area contributed by atoms with Gasteiger partial charge in [-0.25, -0.2) is 12.8 Å². The van der Waals surface area contributed by atoms with Gasteiger partial charge in [-0.1, -0.05) is 36.4 Å². The summed E-state index contributed by atoms with van der Waals surface area (Å²) in [6, 6.07) is 17.7. The predicted molar refractivity (Wildman–Crippen MR) is 145 cm³/mol. The van der Waals surface area contributed by atoms with Crippen LogP contribution in [-0.4, -0.2) is 57.0 Å². The fraction of sp³-hybridized carbons (Fsp3) is 0.214. The van der Waals surface area contributed by atoms with Gasteiger partial charge in [0, 0.05) is 49.5 Å². The number of nitrogens with one attached hydrogen (secondary N) is 1. The van der Waals surface area contributed by atoms with Gasteiger partial charge in [0.15, 0.2) is 0 Å². The molecule has 3 aromatic rings. The number of aliphatic imine (C=N–C) groups is 1. The molecule has 0 bridgehead atoms. The van der Waals surface area contributed by atoms with E-state index in [1.807, 2.05) is 6.92 Å². The second kappa shape index (κ2) is 11.5. The van der Waals surface area contributed by atoms with Gasteiger partial charge in [-0.3, -0.25) is 19.4 Å². The molecule has 1 heterocycles. The first kappa shape index (κ1) is 26.2. The Morgan fingerprint density at radius 1 is 1.03 bits per heavy atom. The largest absolute Gasteiger partial charge is 0.336 e. The maximum absolute atomic E-state index is 13.1. The number of para-hydroxylation sites is 1. The van der Waals surface area contributed by atoms with E-state index in [4.69, 9.17) is 0 Å². The lowest BCUT2D eigenvalue weighted by Gasteiger charge is -2.34. The van der Waals surface area contributed by atoms with Gasteiger partial charge in [0.1, 0.15) is 10.7 Å². The molecule has 1 aliphatic rings. The third-order valence-electron chi connectivity index (χ3n) is 6.19. The maximum Gasteiger partial charge on any atom is 0.264 e. The number of amides is 1. The smallest absolute Gasteiger partial charge is 0.264 e. The summed E-state index contributed by atoms with van der Waals surface area (Å²) < 4.78 is 41.8. The van der Waals surface area contributed by atoms with Crippen molar-refractivity contribution in [1.29, 1.82) is 0 Å². The van der Waals surface area contributed by atoms with Crippen molar-refractivity contribution < 1.29 is 17.6 Å². The Balaban J connectivity index is 1.38. The van der Waals surface area contributed by atoms with Crippen molar-refractivity contribution >= 4 is 40.1 Å². The quantitative estimate of drug-likeness (QED) is 0.426. The highest BCUT2D eigenvalue weighted by Gasteiger charge is 2.23. The van der Waals surface area contributed by atoms with Crippen molar-refractivity contribution in [2.75, 3.05) is 30.9 Å². The van der Waals surface area contributed by atoms with Crippen LogP contribution in [0, 0.1) is 5.82 Å². The number of hydrogen-bond acceptors (Lipinski definition) is 5. The molecule has 7 nitrogen and oxygen atoms in total. The Hall–Kier alpha value is -3.82. The van der Waals surface area contributed by atoms with E-state index < -0.39 is 10.0 Å². The van der Waals surface area contributed by atoms with Crippen molar-refractivity contribution in [2.45, 2.75) is 18.4 Å². The molecule has 192 valence electrons. The van der Waals surface area contributed by atoms with Crippen LogP contribution in [0.1, 0.15) is 28.4 Å². The first-order chi connectivity index (χ1) is 17.8. The molecule has 1 saturated heterocycles. The summed E-state index contributed by atoms with van der Waals surface area (Å²) in [5, 5.41) is 0. The molecule has 37 heavy (non-hydrogen) atoms. The zero-order chi connectivity index (χ0) is 26.4. The van der Waals surface area contributed by atoms with Crippen LogP contribution in [0.4, 0.5) is 15.8 Å². The van der Waals surface area contributed by atoms with Crippen molar-refractivity contribution in [3.63, 3.8) is 0 Å². The highest BCUT2D eigenvalue weighted by atomic mass is 32.2. The number of rotatable bonds is 8. The molecule has 1 amide bonds. The summed E-state index contributed by atoms with van der Waals surface area (Å²) in [5.41, 5.74) is 2.78. The molecule has 0 spiro atoms. The van der Waals surface area contributed by atoms with E-state index in [0.717, 1.165) is 5.56 Å². The molecule has 1 aliphatic heterocycles. The second-order valence-corrected chi connectivity index (χ2v) is 10.4. The lowest BCUT2D eigenvalue weighted by atomic mass is 10.1. The van der Waals surface area contributed by atoms with E-state index in [-0.39, 0.29) is 22.3 Å². The topological polar surface area (TPSA) is 82.1 Å². The number of halogens is 1. The highest BCUT2D eigenvalue weighted by molar-refractivity contribution is 7.92. The van der Waals surface area contributed by atoms with Crippen molar-refractivity contribution in [3.8, 4) is 0 Å². The Bertz CT molecular complexity index is 1400. The van der Waals surface area contributed by atoms with Gasteiger partial charge in [0.2, 0.25) is 0 Å². The van der Waals surface area contributed by atoms with Gasteiger partial charge in [0.05, 0.1) is 5.69 Å². The summed E-state index contributed by atoms with van der Waals surface area (Å²) in [7, 11) is -3.92. The molecular formula is C28H29FN4O3S. The monoisotopic (exact) mass is 520 g/mol. The molecule has 9 heteroatoms. The highest BCUT2D eigenvalue weighted by Crippen LogP contribution is 2.30. The average molecular weight is 521 g/mol.